The summed E-state index contributed by atoms with van der Waals surface area (Å²) in [5.41, 5.74) is 2.85. The van der Waals surface area contributed by atoms with Gasteiger partial charge in [0.2, 0.25) is 0 Å². The van der Waals surface area contributed by atoms with Crippen LogP contribution >= 0.6 is 11.8 Å². The molecule has 7 nitrogen and oxygen atoms in total. The first-order valence-electron chi connectivity index (χ1n) is 9.11. The molecule has 0 saturated heterocycles. The molecule has 28 heavy (non-hydrogen) atoms. The van der Waals surface area contributed by atoms with Gasteiger partial charge in [0.15, 0.2) is 11.0 Å². The summed E-state index contributed by atoms with van der Waals surface area (Å²) in [6, 6.07) is 6.09. The van der Waals surface area contributed by atoms with E-state index in [1.54, 1.807) is 17.0 Å². The molecule has 1 aliphatic rings. The van der Waals surface area contributed by atoms with Crippen LogP contribution in [-0.4, -0.2) is 48.2 Å². The summed E-state index contributed by atoms with van der Waals surface area (Å²) in [5.74, 6) is -0.107. The minimum Gasteiger partial charge on any atom is -0.334 e. The molecule has 0 spiro atoms. The van der Waals surface area contributed by atoms with Gasteiger partial charge in [0, 0.05) is 37.8 Å². The number of hydrogen-bond donors (Lipinski definition) is 0. The molecular formula is C19H21FN6OS. The van der Waals surface area contributed by atoms with E-state index in [0.29, 0.717) is 25.3 Å². The highest BCUT2D eigenvalue weighted by atomic mass is 32.2. The van der Waals surface area contributed by atoms with Crippen LogP contribution in [0.25, 0.3) is 11.5 Å². The van der Waals surface area contributed by atoms with E-state index < -0.39 is 5.82 Å². The van der Waals surface area contributed by atoms with Crippen LogP contribution in [0.15, 0.2) is 29.4 Å². The maximum Gasteiger partial charge on any atom is 0.257 e. The normalized spacial score (nSPS) is 13.6. The van der Waals surface area contributed by atoms with Crippen molar-refractivity contribution in [3.05, 3.63) is 46.9 Å². The number of benzene rings is 1. The molecular weight excluding hydrogens is 379 g/mol. The standard InChI is InChI=1S/C19H21FN6OS/c1-4-26-17(21-22-19(26)28-3)16-13-11-25(10-9-15(13)24(2)23-16)18(27)12-7-5-6-8-14(12)20/h5-8H,4,9-11H2,1-3H3. The first-order valence-corrected chi connectivity index (χ1v) is 10.3. The fourth-order valence-electron chi connectivity index (χ4n) is 3.65. The number of hydrogen-bond acceptors (Lipinski definition) is 5. The van der Waals surface area contributed by atoms with Crippen LogP contribution in [0.2, 0.25) is 0 Å². The molecule has 0 bridgehead atoms. The number of nitrogens with zero attached hydrogens (tertiary/aromatic N) is 6. The Hall–Kier alpha value is -2.68. The number of carbonyl (C=O) groups excluding carboxylic acids is 1. The van der Waals surface area contributed by atoms with Gasteiger partial charge >= 0.3 is 0 Å². The fourth-order valence-corrected chi connectivity index (χ4v) is 4.21. The van der Waals surface area contributed by atoms with Crippen molar-refractivity contribution in [2.45, 2.75) is 31.6 Å². The minimum atomic E-state index is -0.500. The van der Waals surface area contributed by atoms with E-state index in [2.05, 4.69) is 15.3 Å². The highest BCUT2D eigenvalue weighted by Crippen LogP contribution is 2.31. The average Bonchev–Trinajstić information content (AvgIpc) is 3.27. The lowest BCUT2D eigenvalue weighted by molar-refractivity contribution is 0.0729. The third kappa shape index (κ3) is 2.99. The van der Waals surface area contributed by atoms with Gasteiger partial charge in [0.1, 0.15) is 11.5 Å². The number of halogens is 1. The number of aryl methyl sites for hydroxylation is 1. The van der Waals surface area contributed by atoms with Crippen molar-refractivity contribution in [1.82, 2.24) is 29.4 Å². The first-order chi connectivity index (χ1) is 13.5. The third-order valence-corrected chi connectivity index (χ3v) is 5.73. The van der Waals surface area contributed by atoms with Crippen LogP contribution in [0.3, 0.4) is 0 Å². The van der Waals surface area contributed by atoms with Crippen molar-refractivity contribution in [2.24, 2.45) is 7.05 Å². The lowest BCUT2D eigenvalue weighted by Crippen LogP contribution is -2.36. The molecule has 0 saturated carbocycles. The van der Waals surface area contributed by atoms with Gasteiger partial charge in [-0.25, -0.2) is 4.39 Å². The molecule has 3 heterocycles. The lowest BCUT2D eigenvalue weighted by Gasteiger charge is -2.28. The summed E-state index contributed by atoms with van der Waals surface area (Å²) in [5, 5.41) is 14.1. The van der Waals surface area contributed by atoms with Crippen molar-refractivity contribution < 1.29 is 9.18 Å². The second-order valence-corrected chi connectivity index (χ2v) is 7.38. The smallest absolute Gasteiger partial charge is 0.257 e. The molecule has 0 fully saturated rings. The van der Waals surface area contributed by atoms with Gasteiger partial charge in [0.25, 0.3) is 5.91 Å². The number of rotatable bonds is 4. The summed E-state index contributed by atoms with van der Waals surface area (Å²) in [7, 11) is 1.90. The van der Waals surface area contributed by atoms with Crippen molar-refractivity contribution in [2.75, 3.05) is 12.8 Å². The van der Waals surface area contributed by atoms with Crippen molar-refractivity contribution >= 4 is 17.7 Å². The van der Waals surface area contributed by atoms with E-state index in [0.717, 1.165) is 28.7 Å². The Morgan fingerprint density at radius 3 is 2.79 bits per heavy atom. The van der Waals surface area contributed by atoms with Gasteiger partial charge in [-0.3, -0.25) is 9.48 Å². The molecule has 9 heteroatoms. The molecule has 0 radical (unpaired) electrons. The van der Waals surface area contributed by atoms with Crippen LogP contribution in [0.5, 0.6) is 0 Å². The quantitative estimate of drug-likeness (QED) is 0.630. The zero-order valence-corrected chi connectivity index (χ0v) is 16.8. The molecule has 0 N–H and O–H groups in total. The van der Waals surface area contributed by atoms with Crippen LogP contribution < -0.4 is 0 Å². The van der Waals surface area contributed by atoms with Crippen LogP contribution in [-0.2, 0) is 26.6 Å². The van der Waals surface area contributed by atoms with Gasteiger partial charge < -0.3 is 9.47 Å². The predicted molar refractivity (Wildman–Crippen MR) is 105 cm³/mol. The van der Waals surface area contributed by atoms with Crippen LogP contribution in [0.4, 0.5) is 4.39 Å². The third-order valence-electron chi connectivity index (χ3n) is 5.06. The summed E-state index contributed by atoms with van der Waals surface area (Å²) in [6.45, 7) is 3.66. The Bertz CT molecular complexity index is 1040. The van der Waals surface area contributed by atoms with Crippen LogP contribution in [0.1, 0.15) is 28.5 Å². The SMILES string of the molecule is CCn1c(SC)nnc1-c1nn(C)c2c1CN(C(=O)c1ccccc1F)CC2. The van der Waals surface area contributed by atoms with E-state index in [4.69, 9.17) is 0 Å². The highest BCUT2D eigenvalue weighted by molar-refractivity contribution is 7.98. The Morgan fingerprint density at radius 2 is 2.07 bits per heavy atom. The molecule has 0 aliphatic carbocycles. The Balaban J connectivity index is 1.72. The number of fused-ring (bicyclic) bond motifs is 1. The van der Waals surface area contributed by atoms with Gasteiger partial charge in [-0.15, -0.1) is 10.2 Å². The summed E-state index contributed by atoms with van der Waals surface area (Å²) in [4.78, 5) is 14.6. The summed E-state index contributed by atoms with van der Waals surface area (Å²) in [6.07, 6.45) is 2.62. The Labute approximate surface area is 166 Å². The second kappa shape index (κ2) is 7.38. The number of aromatic nitrogens is 5. The summed E-state index contributed by atoms with van der Waals surface area (Å²) >= 11 is 1.53. The molecule has 0 atom stereocenters. The maximum absolute atomic E-state index is 14.1. The molecule has 1 aromatic carbocycles. The Morgan fingerprint density at radius 1 is 1.29 bits per heavy atom. The van der Waals surface area contributed by atoms with Gasteiger partial charge in [-0.2, -0.15) is 5.10 Å². The van der Waals surface area contributed by atoms with Gasteiger partial charge in [-0.1, -0.05) is 23.9 Å². The molecule has 2 aromatic heterocycles. The number of thioether (sulfide) groups is 1. The lowest BCUT2D eigenvalue weighted by atomic mass is 10.0. The number of carbonyl (C=O) groups is 1. The van der Waals surface area contributed by atoms with Crippen molar-refractivity contribution in [1.29, 1.82) is 0 Å². The van der Waals surface area contributed by atoms with Crippen molar-refractivity contribution in [3.8, 4) is 11.5 Å². The Kier molecular flexibility index (Phi) is 4.92. The summed E-state index contributed by atoms with van der Waals surface area (Å²) < 4.78 is 18.0. The van der Waals surface area contributed by atoms with E-state index in [1.807, 2.05) is 29.5 Å². The predicted octanol–water partition coefficient (Wildman–Crippen LogP) is 2.76. The zero-order chi connectivity index (χ0) is 19.8. The molecule has 0 unspecified atom stereocenters. The van der Waals surface area contributed by atoms with Crippen LogP contribution in [0, 0.1) is 5.82 Å². The van der Waals surface area contributed by atoms with Crippen molar-refractivity contribution in [3.63, 3.8) is 0 Å². The first kappa shape index (κ1) is 18.7. The van der Waals surface area contributed by atoms with E-state index in [9.17, 15) is 9.18 Å². The second-order valence-electron chi connectivity index (χ2n) is 6.61. The monoisotopic (exact) mass is 400 g/mol. The van der Waals surface area contributed by atoms with E-state index >= 15 is 0 Å². The fraction of sp³-hybridized carbons (Fsp3) is 0.368. The molecule has 146 valence electrons. The topological polar surface area (TPSA) is 68.8 Å². The minimum absolute atomic E-state index is 0.0952. The zero-order valence-electron chi connectivity index (χ0n) is 16.0. The maximum atomic E-state index is 14.1. The highest BCUT2D eigenvalue weighted by Gasteiger charge is 2.30. The molecule has 3 aromatic rings. The van der Waals surface area contributed by atoms with Gasteiger partial charge in [0.05, 0.1) is 12.1 Å². The number of amides is 1. The van der Waals surface area contributed by atoms with E-state index in [1.165, 1.54) is 23.9 Å². The largest absolute Gasteiger partial charge is 0.334 e. The average molecular weight is 400 g/mol. The molecule has 4 rings (SSSR count). The molecule has 1 amide bonds. The van der Waals surface area contributed by atoms with Gasteiger partial charge in [-0.05, 0) is 25.3 Å². The van der Waals surface area contributed by atoms with E-state index in [-0.39, 0.29) is 11.5 Å². The molecule has 1 aliphatic heterocycles.